The monoisotopic (exact) mass is 720 g/mol. The van der Waals surface area contributed by atoms with Crippen molar-refractivity contribution in [2.24, 2.45) is 0 Å². The minimum Gasteiger partial charge on any atom is -0.465 e. The Bertz CT molecular complexity index is 2130. The van der Waals surface area contributed by atoms with Crippen LogP contribution in [0.15, 0.2) is 46.7 Å². The van der Waals surface area contributed by atoms with Crippen LogP contribution in [0.25, 0.3) is 36.9 Å². The van der Waals surface area contributed by atoms with E-state index < -0.39 is 11.2 Å². The number of nitriles is 3. The average molecular weight is 721 g/mol. The van der Waals surface area contributed by atoms with E-state index in [0.717, 1.165) is 132 Å². The van der Waals surface area contributed by atoms with E-state index in [1.807, 2.05) is 12.2 Å². The third-order valence-electron chi connectivity index (χ3n) is 11.8. The quantitative estimate of drug-likeness (QED) is 0.191. The van der Waals surface area contributed by atoms with Crippen molar-refractivity contribution in [2.45, 2.75) is 114 Å². The zero-order chi connectivity index (χ0) is 35.5. The number of aromatic nitrogens is 2. The van der Waals surface area contributed by atoms with E-state index in [1.54, 1.807) is 22.7 Å². The van der Waals surface area contributed by atoms with Gasteiger partial charge in [0.1, 0.15) is 38.9 Å². The molecule has 0 bridgehead atoms. The van der Waals surface area contributed by atoms with Gasteiger partial charge >= 0.3 is 0 Å². The molecule has 4 heterocycles. The first-order chi connectivity index (χ1) is 25.5. The first-order valence-corrected chi connectivity index (χ1v) is 20.2. The standard InChI is InChI=1S/C42H36N6O2S2/c1-46-34(24-45)26-11-9-13-28(19-26)40-48-38-36(52-40)31-21-32-30(20-33(31)42(50-38)16-6-3-7-17-42)35-37(49-41(32)14-4-2-5-15-41)47-39(51-35)27-12-8-10-25(18-27)29(22-43)23-44/h18-21H,2-17H2/b34-26+. The molecule has 0 unspecified atom stereocenters. The summed E-state index contributed by atoms with van der Waals surface area (Å²) >= 11 is 3.33. The van der Waals surface area contributed by atoms with Crippen LogP contribution in [0, 0.1) is 40.6 Å². The molecule has 0 saturated heterocycles. The van der Waals surface area contributed by atoms with Gasteiger partial charge in [-0.2, -0.15) is 10.5 Å². The highest BCUT2D eigenvalue weighted by Gasteiger charge is 2.49. The number of fused-ring (bicyclic) bond motifs is 8. The summed E-state index contributed by atoms with van der Waals surface area (Å²) in [6.45, 7) is 7.50. The lowest BCUT2D eigenvalue weighted by molar-refractivity contribution is 0.0162. The number of allylic oxidation sites excluding steroid dienone is 8. The van der Waals surface area contributed by atoms with E-state index in [0.29, 0.717) is 11.8 Å². The minimum absolute atomic E-state index is 0.169. The van der Waals surface area contributed by atoms with Crippen LogP contribution in [-0.4, -0.2) is 9.97 Å². The first-order valence-electron chi connectivity index (χ1n) is 18.5. The van der Waals surface area contributed by atoms with Crippen LogP contribution in [0.5, 0.6) is 11.8 Å². The van der Waals surface area contributed by atoms with Crippen molar-refractivity contribution in [1.82, 2.24) is 9.97 Å². The van der Waals surface area contributed by atoms with Gasteiger partial charge < -0.3 is 9.47 Å². The second kappa shape index (κ2) is 12.9. The SMILES string of the molecule is [C-]#[N+]/C(C#N)=C1/C=C(c2nc3c(s2)-c2cc4c(cc2C2(CCCCC2)O3)-c2sc(C3=CC(=C(C#N)C#N)CCC3)nc2OC42CCCCC2)CCC1. The molecular weight excluding hydrogens is 685 g/mol. The molecule has 2 spiro atoms. The predicted molar refractivity (Wildman–Crippen MR) is 201 cm³/mol. The van der Waals surface area contributed by atoms with Gasteiger partial charge in [-0.25, -0.2) is 20.1 Å². The van der Waals surface area contributed by atoms with E-state index in [-0.39, 0.29) is 11.3 Å². The van der Waals surface area contributed by atoms with Crippen LogP contribution >= 0.6 is 22.7 Å². The van der Waals surface area contributed by atoms with Gasteiger partial charge in [0.25, 0.3) is 5.70 Å². The van der Waals surface area contributed by atoms with Crippen molar-refractivity contribution in [3.05, 3.63) is 79.3 Å². The first kappa shape index (κ1) is 32.9. The number of ether oxygens (including phenoxy) is 2. The maximum atomic E-state index is 9.57. The highest BCUT2D eigenvalue weighted by Crippen LogP contribution is 2.60. The van der Waals surface area contributed by atoms with E-state index in [1.165, 1.54) is 35.1 Å². The maximum absolute atomic E-state index is 9.57. The summed E-state index contributed by atoms with van der Waals surface area (Å²) in [6, 6.07) is 11.1. The van der Waals surface area contributed by atoms with Gasteiger partial charge in [0.15, 0.2) is 0 Å². The second-order valence-electron chi connectivity index (χ2n) is 14.8. The number of hydrogen-bond donors (Lipinski definition) is 0. The van der Waals surface area contributed by atoms with Crippen LogP contribution in [0.4, 0.5) is 0 Å². The lowest BCUT2D eigenvalue weighted by atomic mass is 9.71. The number of benzene rings is 1. The molecule has 258 valence electrons. The van der Waals surface area contributed by atoms with E-state index in [2.05, 4.69) is 35.2 Å². The Morgan fingerprint density at radius 2 is 1.13 bits per heavy atom. The molecule has 6 aliphatic rings. The van der Waals surface area contributed by atoms with Crippen molar-refractivity contribution in [1.29, 1.82) is 15.8 Å². The van der Waals surface area contributed by atoms with E-state index in [9.17, 15) is 15.8 Å². The number of hydrogen-bond acceptors (Lipinski definition) is 9. The van der Waals surface area contributed by atoms with Crippen molar-refractivity contribution in [3.8, 4) is 50.8 Å². The van der Waals surface area contributed by atoms with Gasteiger partial charge in [-0.1, -0.05) is 25.0 Å². The lowest BCUT2D eigenvalue weighted by Gasteiger charge is -2.45. The number of rotatable bonds is 2. The largest absolute Gasteiger partial charge is 0.465 e. The molecule has 0 amide bonds. The number of thiazole rings is 2. The normalized spacial score (nSPS) is 21.6. The highest BCUT2D eigenvalue weighted by molar-refractivity contribution is 7.17. The van der Waals surface area contributed by atoms with Gasteiger partial charge in [0.05, 0.1) is 22.4 Å². The van der Waals surface area contributed by atoms with Gasteiger partial charge in [-0.15, -0.1) is 22.7 Å². The summed E-state index contributed by atoms with van der Waals surface area (Å²) in [5, 5.41) is 30.5. The topological polar surface area (TPSA) is 120 Å². The van der Waals surface area contributed by atoms with Crippen molar-refractivity contribution >= 4 is 33.8 Å². The number of nitrogens with zero attached hydrogens (tertiary/aromatic N) is 6. The molecule has 2 fully saturated rings. The molecule has 8 nitrogen and oxygen atoms in total. The van der Waals surface area contributed by atoms with Gasteiger partial charge in [-0.3, -0.25) is 0 Å². The zero-order valence-corrected chi connectivity index (χ0v) is 30.6. The fourth-order valence-electron chi connectivity index (χ4n) is 9.27. The van der Waals surface area contributed by atoms with Crippen molar-refractivity contribution < 1.29 is 9.47 Å². The second-order valence-corrected chi connectivity index (χ2v) is 16.8. The third-order valence-corrected chi connectivity index (χ3v) is 14.1. The third kappa shape index (κ3) is 5.24. The molecular formula is C42H36N6O2S2. The Morgan fingerprint density at radius 3 is 1.60 bits per heavy atom. The Morgan fingerprint density at radius 1 is 0.654 bits per heavy atom. The highest BCUT2D eigenvalue weighted by atomic mass is 32.1. The predicted octanol–water partition coefficient (Wildman–Crippen LogP) is 11.2. The summed E-state index contributed by atoms with van der Waals surface area (Å²) in [6.07, 6.45) is 19.4. The van der Waals surface area contributed by atoms with Crippen LogP contribution in [-0.2, 0) is 11.2 Å². The molecule has 4 aliphatic carbocycles. The van der Waals surface area contributed by atoms with Crippen LogP contribution in [0.3, 0.4) is 0 Å². The minimum atomic E-state index is -0.466. The fraction of sp³-hybridized carbons (Fsp3) is 0.429. The van der Waals surface area contributed by atoms with Gasteiger partial charge in [0.2, 0.25) is 11.8 Å². The lowest BCUT2D eigenvalue weighted by Crippen LogP contribution is -2.40. The summed E-state index contributed by atoms with van der Waals surface area (Å²) in [4.78, 5) is 15.9. The van der Waals surface area contributed by atoms with E-state index in [4.69, 9.17) is 26.0 Å². The Kier molecular flexibility index (Phi) is 8.15. The van der Waals surface area contributed by atoms with Crippen LogP contribution in [0.1, 0.15) is 124 Å². The molecule has 2 aromatic heterocycles. The molecule has 52 heavy (non-hydrogen) atoms. The summed E-state index contributed by atoms with van der Waals surface area (Å²) in [7, 11) is 0. The Hall–Kier alpha value is -5.00. The van der Waals surface area contributed by atoms with Gasteiger partial charge in [0, 0.05) is 22.3 Å². The van der Waals surface area contributed by atoms with Crippen molar-refractivity contribution in [2.75, 3.05) is 0 Å². The maximum Gasteiger partial charge on any atom is 0.265 e. The summed E-state index contributed by atoms with van der Waals surface area (Å²) in [5.41, 5.74) is 8.00. The zero-order valence-electron chi connectivity index (χ0n) is 28.9. The van der Waals surface area contributed by atoms with E-state index >= 15 is 0 Å². The Labute approximate surface area is 311 Å². The molecule has 9 rings (SSSR count). The summed E-state index contributed by atoms with van der Waals surface area (Å²) in [5.74, 6) is 1.40. The molecule has 2 saturated carbocycles. The fourth-order valence-corrected chi connectivity index (χ4v) is 11.4. The van der Waals surface area contributed by atoms with Crippen LogP contribution in [0.2, 0.25) is 0 Å². The average Bonchev–Trinajstić information content (AvgIpc) is 3.81. The van der Waals surface area contributed by atoms with Crippen molar-refractivity contribution in [3.63, 3.8) is 0 Å². The molecule has 1 aromatic carbocycles. The smallest absolute Gasteiger partial charge is 0.265 e. The molecule has 10 heteroatoms. The van der Waals surface area contributed by atoms with Crippen LogP contribution < -0.4 is 9.47 Å². The molecule has 0 N–H and O–H groups in total. The Balaban J connectivity index is 1.22. The summed E-state index contributed by atoms with van der Waals surface area (Å²) < 4.78 is 14.2. The molecule has 0 radical (unpaired) electrons. The molecule has 2 aliphatic heterocycles. The van der Waals surface area contributed by atoms with Gasteiger partial charge in [-0.05, 0) is 124 Å². The molecule has 3 aromatic rings. The molecule has 0 atom stereocenters.